The van der Waals surface area contributed by atoms with E-state index in [9.17, 15) is 0 Å². The number of nitrogen functional groups attached to an aromatic ring is 1. The van der Waals surface area contributed by atoms with Crippen LogP contribution in [-0.2, 0) is 0 Å². The fraction of sp³-hybridized carbons (Fsp3) is 0.364. The SMILES string of the molecule is C=C(Nc1ccc(C)c(N)c1)C1C(c2cc(C)cc(C)c2)C1(C)C. The molecule has 126 valence electrons. The Labute approximate surface area is 145 Å². The van der Waals surface area contributed by atoms with E-state index in [0.717, 1.165) is 22.6 Å². The summed E-state index contributed by atoms with van der Waals surface area (Å²) in [5.74, 6) is 0.945. The van der Waals surface area contributed by atoms with E-state index < -0.39 is 0 Å². The summed E-state index contributed by atoms with van der Waals surface area (Å²) in [6, 6.07) is 13.0. The maximum atomic E-state index is 6.02. The third-order valence-corrected chi connectivity index (χ3v) is 5.39. The first-order chi connectivity index (χ1) is 11.2. The predicted octanol–water partition coefficient (Wildman–Crippen LogP) is 5.56. The van der Waals surface area contributed by atoms with E-state index in [0.29, 0.717) is 11.8 Å². The van der Waals surface area contributed by atoms with Crippen molar-refractivity contribution >= 4 is 11.4 Å². The van der Waals surface area contributed by atoms with Crippen molar-refractivity contribution in [3.05, 3.63) is 70.9 Å². The number of nitrogens with one attached hydrogen (secondary N) is 1. The summed E-state index contributed by atoms with van der Waals surface area (Å²) in [4.78, 5) is 0. The van der Waals surface area contributed by atoms with Crippen molar-refractivity contribution in [3.63, 3.8) is 0 Å². The largest absolute Gasteiger partial charge is 0.398 e. The average molecular weight is 320 g/mol. The molecule has 0 amide bonds. The number of hydrogen-bond acceptors (Lipinski definition) is 2. The van der Waals surface area contributed by atoms with E-state index in [2.05, 4.69) is 63.9 Å². The van der Waals surface area contributed by atoms with Crippen molar-refractivity contribution in [1.29, 1.82) is 0 Å². The van der Waals surface area contributed by atoms with Gasteiger partial charge in [0, 0.05) is 23.0 Å². The minimum absolute atomic E-state index is 0.223. The van der Waals surface area contributed by atoms with Gasteiger partial charge in [-0.2, -0.15) is 0 Å². The molecule has 24 heavy (non-hydrogen) atoms. The molecule has 1 fully saturated rings. The molecule has 3 rings (SSSR count). The Balaban J connectivity index is 1.81. The quantitative estimate of drug-likeness (QED) is 0.724. The number of allylic oxidation sites excluding steroid dienone is 1. The molecule has 0 saturated heterocycles. The van der Waals surface area contributed by atoms with Crippen molar-refractivity contribution in [2.24, 2.45) is 11.3 Å². The van der Waals surface area contributed by atoms with Crippen LogP contribution in [0.2, 0.25) is 0 Å². The second-order valence-corrected chi connectivity index (χ2v) is 7.92. The molecule has 0 radical (unpaired) electrons. The van der Waals surface area contributed by atoms with Crippen molar-refractivity contribution in [3.8, 4) is 0 Å². The minimum atomic E-state index is 0.223. The van der Waals surface area contributed by atoms with Gasteiger partial charge in [0.1, 0.15) is 0 Å². The zero-order valence-electron chi connectivity index (χ0n) is 15.4. The molecule has 1 saturated carbocycles. The molecule has 0 spiro atoms. The van der Waals surface area contributed by atoms with Gasteiger partial charge in [-0.25, -0.2) is 0 Å². The summed E-state index contributed by atoms with van der Waals surface area (Å²) >= 11 is 0. The Bertz CT molecular complexity index is 781. The van der Waals surface area contributed by atoms with Gasteiger partial charge in [0.15, 0.2) is 0 Å². The monoisotopic (exact) mass is 320 g/mol. The van der Waals surface area contributed by atoms with E-state index in [-0.39, 0.29) is 5.41 Å². The van der Waals surface area contributed by atoms with Crippen LogP contribution in [0.3, 0.4) is 0 Å². The lowest BCUT2D eigenvalue weighted by molar-refractivity contribution is 0.585. The molecule has 2 unspecified atom stereocenters. The van der Waals surface area contributed by atoms with Gasteiger partial charge in [0.25, 0.3) is 0 Å². The number of anilines is 2. The standard InChI is InChI=1S/C22H28N2/c1-13-9-14(2)11-17(10-13)21-20(22(21,5)6)16(4)24-18-8-7-15(3)19(23)12-18/h7-12,20-21,24H,4,23H2,1-3,5-6H3. The number of hydrogen-bond donors (Lipinski definition) is 2. The molecule has 3 N–H and O–H groups in total. The number of nitrogens with two attached hydrogens (primary N) is 1. The average Bonchev–Trinajstić information content (AvgIpc) is 3.05. The molecule has 2 heteroatoms. The fourth-order valence-corrected chi connectivity index (χ4v) is 4.08. The second kappa shape index (κ2) is 5.70. The lowest BCUT2D eigenvalue weighted by Crippen LogP contribution is -2.04. The van der Waals surface area contributed by atoms with Crippen LogP contribution < -0.4 is 11.1 Å². The smallest absolute Gasteiger partial charge is 0.0402 e. The molecule has 0 aromatic heterocycles. The Morgan fingerprint density at radius 1 is 1.04 bits per heavy atom. The van der Waals surface area contributed by atoms with Crippen LogP contribution in [0.4, 0.5) is 11.4 Å². The van der Waals surface area contributed by atoms with E-state index >= 15 is 0 Å². The molecular formula is C22H28N2. The van der Waals surface area contributed by atoms with E-state index in [1.807, 2.05) is 19.1 Å². The number of benzene rings is 2. The van der Waals surface area contributed by atoms with Gasteiger partial charge in [-0.15, -0.1) is 0 Å². The Morgan fingerprint density at radius 2 is 1.67 bits per heavy atom. The highest BCUT2D eigenvalue weighted by Crippen LogP contribution is 2.67. The zero-order chi connectivity index (χ0) is 17.6. The highest BCUT2D eigenvalue weighted by Gasteiger charge is 2.59. The first-order valence-electron chi connectivity index (χ1n) is 8.60. The van der Waals surface area contributed by atoms with Crippen LogP contribution in [0.15, 0.2) is 48.7 Å². The Hall–Kier alpha value is -2.22. The van der Waals surface area contributed by atoms with E-state index in [1.165, 1.54) is 16.7 Å². The van der Waals surface area contributed by atoms with Gasteiger partial charge in [-0.1, -0.05) is 55.8 Å². The summed E-state index contributed by atoms with van der Waals surface area (Å²) in [7, 11) is 0. The fourth-order valence-electron chi connectivity index (χ4n) is 4.08. The molecule has 2 aromatic rings. The molecule has 2 nitrogen and oxygen atoms in total. The van der Waals surface area contributed by atoms with Gasteiger partial charge in [-0.3, -0.25) is 0 Å². The molecule has 0 heterocycles. The van der Waals surface area contributed by atoms with Gasteiger partial charge < -0.3 is 11.1 Å². The molecule has 1 aliphatic rings. The van der Waals surface area contributed by atoms with Crippen LogP contribution in [0.1, 0.15) is 42.0 Å². The Kier molecular flexibility index (Phi) is 3.95. The summed E-state index contributed by atoms with van der Waals surface area (Å²) < 4.78 is 0. The molecule has 2 aromatic carbocycles. The predicted molar refractivity (Wildman–Crippen MR) is 104 cm³/mol. The topological polar surface area (TPSA) is 38.0 Å². The first kappa shape index (κ1) is 16.6. The van der Waals surface area contributed by atoms with Crippen LogP contribution in [0.25, 0.3) is 0 Å². The maximum absolute atomic E-state index is 6.02. The van der Waals surface area contributed by atoms with Crippen LogP contribution >= 0.6 is 0 Å². The summed E-state index contributed by atoms with van der Waals surface area (Å²) in [5.41, 5.74) is 14.3. The maximum Gasteiger partial charge on any atom is 0.0402 e. The van der Waals surface area contributed by atoms with Crippen molar-refractivity contribution in [2.75, 3.05) is 11.1 Å². The second-order valence-electron chi connectivity index (χ2n) is 7.92. The van der Waals surface area contributed by atoms with Gasteiger partial charge in [0.2, 0.25) is 0 Å². The van der Waals surface area contributed by atoms with Crippen LogP contribution in [-0.4, -0.2) is 0 Å². The van der Waals surface area contributed by atoms with Gasteiger partial charge in [-0.05, 0) is 55.4 Å². The zero-order valence-corrected chi connectivity index (χ0v) is 15.4. The number of aryl methyl sites for hydroxylation is 3. The summed E-state index contributed by atoms with van der Waals surface area (Å²) in [5, 5.41) is 3.48. The van der Waals surface area contributed by atoms with E-state index in [1.54, 1.807) is 0 Å². The molecular weight excluding hydrogens is 292 g/mol. The van der Waals surface area contributed by atoms with Crippen molar-refractivity contribution < 1.29 is 0 Å². The minimum Gasteiger partial charge on any atom is -0.398 e. The molecule has 2 atom stereocenters. The van der Waals surface area contributed by atoms with Gasteiger partial charge >= 0.3 is 0 Å². The highest BCUT2D eigenvalue weighted by molar-refractivity contribution is 5.61. The normalized spacial score (nSPS) is 21.4. The first-order valence-corrected chi connectivity index (χ1v) is 8.60. The Morgan fingerprint density at radius 3 is 2.25 bits per heavy atom. The summed E-state index contributed by atoms with van der Waals surface area (Å²) in [6.07, 6.45) is 0. The highest BCUT2D eigenvalue weighted by atomic mass is 14.9. The lowest BCUT2D eigenvalue weighted by Gasteiger charge is -2.12. The third-order valence-electron chi connectivity index (χ3n) is 5.39. The summed E-state index contributed by atoms with van der Waals surface area (Å²) in [6.45, 7) is 15.3. The van der Waals surface area contributed by atoms with E-state index in [4.69, 9.17) is 5.73 Å². The molecule has 1 aliphatic carbocycles. The lowest BCUT2D eigenvalue weighted by atomic mass is 9.99. The third kappa shape index (κ3) is 2.93. The van der Waals surface area contributed by atoms with Crippen LogP contribution in [0.5, 0.6) is 0 Å². The van der Waals surface area contributed by atoms with Crippen molar-refractivity contribution in [1.82, 2.24) is 0 Å². The molecule has 0 bridgehead atoms. The van der Waals surface area contributed by atoms with Crippen LogP contribution in [0, 0.1) is 32.1 Å². The van der Waals surface area contributed by atoms with Gasteiger partial charge in [0.05, 0.1) is 0 Å². The number of rotatable bonds is 4. The molecule has 0 aliphatic heterocycles. The van der Waals surface area contributed by atoms with Crippen molar-refractivity contribution in [2.45, 2.75) is 40.5 Å².